The Kier molecular flexibility index (Phi) is 6.52. The molecule has 2 aliphatic rings. The summed E-state index contributed by atoms with van der Waals surface area (Å²) in [6, 6.07) is 7.74. The van der Waals surface area contributed by atoms with Crippen LogP contribution in [0.25, 0.3) is 0 Å². The number of carbonyl (C=O) groups is 1. The van der Waals surface area contributed by atoms with Crippen molar-refractivity contribution in [3.63, 3.8) is 0 Å². The van der Waals surface area contributed by atoms with Gasteiger partial charge in [-0.15, -0.1) is 0 Å². The minimum absolute atomic E-state index is 0.0217. The molecular formula is C19H25ClF3N3O. The Balaban J connectivity index is 1.38. The van der Waals surface area contributed by atoms with E-state index in [0.29, 0.717) is 43.4 Å². The van der Waals surface area contributed by atoms with Crippen LogP contribution in [0, 0.1) is 11.8 Å². The van der Waals surface area contributed by atoms with Crippen LogP contribution in [0.4, 0.5) is 18.9 Å². The normalized spacial score (nSPS) is 22.2. The van der Waals surface area contributed by atoms with Crippen LogP contribution in [0.3, 0.4) is 0 Å². The second kappa shape index (κ2) is 8.69. The van der Waals surface area contributed by atoms with Gasteiger partial charge < -0.3 is 10.2 Å². The molecule has 0 saturated carbocycles. The molecule has 0 unspecified atom stereocenters. The highest BCUT2D eigenvalue weighted by atomic mass is 35.5. The molecule has 27 heavy (non-hydrogen) atoms. The minimum Gasteiger partial charge on any atom is -0.371 e. The lowest BCUT2D eigenvalue weighted by Gasteiger charge is -2.31. The van der Waals surface area contributed by atoms with Crippen LogP contribution >= 0.6 is 11.6 Å². The second-order valence-corrected chi connectivity index (χ2v) is 7.92. The number of hydrogen-bond donors (Lipinski definition) is 1. The Morgan fingerprint density at radius 1 is 1.11 bits per heavy atom. The highest BCUT2D eigenvalue weighted by molar-refractivity contribution is 6.30. The van der Waals surface area contributed by atoms with Crippen molar-refractivity contribution >= 4 is 23.2 Å². The number of nitrogens with zero attached hydrogens (tertiary/aromatic N) is 2. The summed E-state index contributed by atoms with van der Waals surface area (Å²) in [4.78, 5) is 16.0. The number of amides is 1. The molecule has 1 N–H and O–H groups in total. The number of likely N-dealkylation sites (tertiary alicyclic amines) is 1. The summed E-state index contributed by atoms with van der Waals surface area (Å²) in [6.07, 6.45) is -2.19. The molecule has 1 aromatic rings. The maximum atomic E-state index is 12.4. The highest BCUT2D eigenvalue weighted by Gasteiger charge is 2.34. The lowest BCUT2D eigenvalue weighted by Crippen LogP contribution is -2.44. The summed E-state index contributed by atoms with van der Waals surface area (Å²) in [5, 5.41) is 3.72. The van der Waals surface area contributed by atoms with Crippen molar-refractivity contribution in [1.82, 2.24) is 10.2 Å². The van der Waals surface area contributed by atoms with E-state index in [1.165, 1.54) is 4.90 Å². The lowest BCUT2D eigenvalue weighted by atomic mass is 9.95. The molecular weight excluding hydrogens is 379 g/mol. The predicted molar refractivity (Wildman–Crippen MR) is 100 cm³/mol. The van der Waals surface area contributed by atoms with Crippen LogP contribution in [-0.2, 0) is 4.79 Å². The van der Waals surface area contributed by atoms with E-state index < -0.39 is 12.7 Å². The molecule has 8 heteroatoms. The van der Waals surface area contributed by atoms with Gasteiger partial charge in [-0.2, -0.15) is 13.2 Å². The van der Waals surface area contributed by atoms with Crippen molar-refractivity contribution in [3.05, 3.63) is 29.3 Å². The fourth-order valence-corrected chi connectivity index (χ4v) is 4.01. The van der Waals surface area contributed by atoms with E-state index in [1.807, 2.05) is 24.3 Å². The van der Waals surface area contributed by atoms with Crippen molar-refractivity contribution in [3.8, 4) is 0 Å². The number of nitrogens with one attached hydrogen (secondary N) is 1. The quantitative estimate of drug-likeness (QED) is 0.816. The Hall–Kier alpha value is -1.47. The summed E-state index contributed by atoms with van der Waals surface area (Å²) in [5.74, 6) is 0.185. The van der Waals surface area contributed by atoms with Crippen LogP contribution in [0.2, 0.25) is 5.02 Å². The van der Waals surface area contributed by atoms with Crippen molar-refractivity contribution < 1.29 is 18.0 Å². The van der Waals surface area contributed by atoms with Gasteiger partial charge in [-0.25, -0.2) is 0 Å². The Labute approximate surface area is 162 Å². The smallest absolute Gasteiger partial charge is 0.371 e. The van der Waals surface area contributed by atoms with Gasteiger partial charge in [0.25, 0.3) is 0 Å². The van der Waals surface area contributed by atoms with Crippen LogP contribution in [0.15, 0.2) is 24.3 Å². The first-order chi connectivity index (χ1) is 12.8. The highest BCUT2D eigenvalue weighted by Crippen LogP contribution is 2.26. The zero-order valence-electron chi connectivity index (χ0n) is 15.1. The molecule has 1 amide bonds. The molecule has 3 rings (SSSR count). The van der Waals surface area contributed by atoms with Gasteiger partial charge in [0.1, 0.15) is 0 Å². The predicted octanol–water partition coefficient (Wildman–Crippen LogP) is 3.56. The monoisotopic (exact) mass is 403 g/mol. The van der Waals surface area contributed by atoms with E-state index in [9.17, 15) is 18.0 Å². The van der Waals surface area contributed by atoms with Gasteiger partial charge in [0.2, 0.25) is 5.91 Å². The van der Waals surface area contributed by atoms with Gasteiger partial charge in [-0.3, -0.25) is 9.69 Å². The van der Waals surface area contributed by atoms with Gasteiger partial charge in [0.05, 0.1) is 6.54 Å². The molecule has 1 atom stereocenters. The Morgan fingerprint density at radius 3 is 2.41 bits per heavy atom. The van der Waals surface area contributed by atoms with E-state index in [1.54, 1.807) is 0 Å². The number of hydrogen-bond acceptors (Lipinski definition) is 3. The number of benzene rings is 1. The largest absolute Gasteiger partial charge is 0.401 e. The van der Waals surface area contributed by atoms with Crippen molar-refractivity contribution in [2.75, 3.05) is 44.2 Å². The number of anilines is 1. The number of rotatable bonds is 5. The number of carbonyl (C=O) groups excluding carboxylic acids is 1. The first-order valence-corrected chi connectivity index (χ1v) is 9.75. The maximum absolute atomic E-state index is 12.4. The van der Waals surface area contributed by atoms with Crippen LogP contribution < -0.4 is 10.2 Å². The van der Waals surface area contributed by atoms with Crippen molar-refractivity contribution in [2.45, 2.75) is 25.4 Å². The standard InChI is InChI=1S/C19H25ClF3N3O/c20-16-1-3-17(4-2-16)26-10-5-14(12-26)11-24-18(27)15-6-8-25(9-7-15)13-19(21,22)23/h1-4,14-15H,5-13H2,(H,24,27)/t14-/m0/s1. The Morgan fingerprint density at radius 2 is 1.78 bits per heavy atom. The third kappa shape index (κ3) is 6.01. The second-order valence-electron chi connectivity index (χ2n) is 7.49. The average molecular weight is 404 g/mol. The molecule has 0 aliphatic carbocycles. The molecule has 2 heterocycles. The topological polar surface area (TPSA) is 35.6 Å². The minimum atomic E-state index is -4.17. The van der Waals surface area contributed by atoms with Gasteiger partial charge in [-0.1, -0.05) is 11.6 Å². The first-order valence-electron chi connectivity index (χ1n) is 9.37. The van der Waals surface area contributed by atoms with Gasteiger partial charge in [-0.05, 0) is 62.5 Å². The molecule has 4 nitrogen and oxygen atoms in total. The SMILES string of the molecule is O=C(NC[C@@H]1CCN(c2ccc(Cl)cc2)C1)C1CCN(CC(F)(F)F)CC1. The first kappa shape index (κ1) is 20.3. The molecule has 1 aromatic carbocycles. The van der Waals surface area contributed by atoms with Crippen molar-refractivity contribution in [2.24, 2.45) is 11.8 Å². The Bertz CT molecular complexity index is 630. The van der Waals surface area contributed by atoms with Crippen molar-refractivity contribution in [1.29, 1.82) is 0 Å². The summed E-state index contributed by atoms with van der Waals surface area (Å²) in [5.41, 5.74) is 1.13. The summed E-state index contributed by atoms with van der Waals surface area (Å²) < 4.78 is 37.3. The van der Waals surface area contributed by atoms with E-state index in [0.717, 1.165) is 25.2 Å². The molecule has 2 aliphatic heterocycles. The van der Waals surface area contributed by atoms with Crippen LogP contribution in [0.5, 0.6) is 0 Å². The van der Waals surface area contributed by atoms with Gasteiger partial charge in [0, 0.05) is 36.3 Å². The lowest BCUT2D eigenvalue weighted by molar-refractivity contribution is -0.149. The molecule has 0 aromatic heterocycles. The summed E-state index contributed by atoms with van der Waals surface area (Å²) in [7, 11) is 0. The fraction of sp³-hybridized carbons (Fsp3) is 0.632. The number of alkyl halides is 3. The van der Waals surface area contributed by atoms with E-state index in [4.69, 9.17) is 11.6 Å². The van der Waals surface area contributed by atoms with Gasteiger partial charge in [0.15, 0.2) is 0 Å². The number of halogens is 4. The van der Waals surface area contributed by atoms with E-state index in [2.05, 4.69) is 10.2 Å². The molecule has 150 valence electrons. The van der Waals surface area contributed by atoms with E-state index >= 15 is 0 Å². The zero-order valence-corrected chi connectivity index (χ0v) is 15.9. The summed E-state index contributed by atoms with van der Waals surface area (Å²) >= 11 is 5.92. The third-order valence-corrected chi connectivity index (χ3v) is 5.66. The van der Waals surface area contributed by atoms with E-state index in [-0.39, 0.29) is 11.8 Å². The third-order valence-electron chi connectivity index (χ3n) is 5.40. The average Bonchev–Trinajstić information content (AvgIpc) is 3.08. The number of piperidine rings is 1. The molecule has 0 bridgehead atoms. The molecule has 2 saturated heterocycles. The molecule has 0 radical (unpaired) electrons. The van der Waals surface area contributed by atoms with Crippen LogP contribution in [0.1, 0.15) is 19.3 Å². The maximum Gasteiger partial charge on any atom is 0.401 e. The van der Waals surface area contributed by atoms with Gasteiger partial charge >= 0.3 is 6.18 Å². The zero-order chi connectivity index (χ0) is 19.4. The molecule has 0 spiro atoms. The summed E-state index contributed by atoms with van der Waals surface area (Å²) in [6.45, 7) is 2.20. The molecule has 2 fully saturated rings. The fourth-order valence-electron chi connectivity index (χ4n) is 3.88. The van der Waals surface area contributed by atoms with Crippen LogP contribution in [-0.4, -0.2) is 56.3 Å².